The van der Waals surface area contributed by atoms with Gasteiger partial charge in [0.15, 0.2) is 17.1 Å². The van der Waals surface area contributed by atoms with Crippen LogP contribution in [0.25, 0.3) is 0 Å². The van der Waals surface area contributed by atoms with E-state index in [-0.39, 0.29) is 6.10 Å². The number of hydrogen-bond acceptors (Lipinski definition) is 4. The first-order valence-corrected chi connectivity index (χ1v) is 10.1. The molecule has 0 aliphatic carbocycles. The Kier molecular flexibility index (Phi) is 6.34. The molecule has 148 valence electrons. The zero-order valence-corrected chi connectivity index (χ0v) is 17.5. The molecule has 4 nitrogen and oxygen atoms in total. The van der Waals surface area contributed by atoms with Crippen LogP contribution < -0.4 is 4.74 Å². The molecule has 1 atom stereocenters. The standard InChI is InChI=1S/C19H17BrF3N3OS/c1-12(27-16-8-6-15(20)7-9-16)17-24-25-18(26(17)2)28-11-13-4-3-5-14(10-13)19(21,22)23/h3-10,12H,11H2,1-2H3. The molecule has 28 heavy (non-hydrogen) atoms. The van der Waals surface area contributed by atoms with Crippen LogP contribution in [0.1, 0.15) is 30.0 Å². The minimum Gasteiger partial charge on any atom is -0.483 e. The monoisotopic (exact) mass is 471 g/mol. The summed E-state index contributed by atoms with van der Waals surface area (Å²) in [5.41, 5.74) is -0.0793. The van der Waals surface area contributed by atoms with Gasteiger partial charge in [0.25, 0.3) is 0 Å². The summed E-state index contributed by atoms with van der Waals surface area (Å²) in [5, 5.41) is 8.93. The predicted octanol–water partition coefficient (Wildman–Crippen LogP) is 6.03. The summed E-state index contributed by atoms with van der Waals surface area (Å²) in [5.74, 6) is 1.70. The lowest BCUT2D eigenvalue weighted by Crippen LogP contribution is -2.10. The van der Waals surface area contributed by atoms with Crippen LogP contribution in [0.4, 0.5) is 13.2 Å². The maximum atomic E-state index is 12.8. The minimum absolute atomic E-state index is 0.332. The number of rotatable bonds is 6. The van der Waals surface area contributed by atoms with Gasteiger partial charge in [-0.15, -0.1) is 10.2 Å². The highest BCUT2D eigenvalue weighted by Gasteiger charge is 2.30. The van der Waals surface area contributed by atoms with E-state index >= 15 is 0 Å². The summed E-state index contributed by atoms with van der Waals surface area (Å²) < 4.78 is 47.2. The summed E-state index contributed by atoms with van der Waals surface area (Å²) in [7, 11) is 1.81. The summed E-state index contributed by atoms with van der Waals surface area (Å²) >= 11 is 4.70. The summed E-state index contributed by atoms with van der Waals surface area (Å²) in [6.45, 7) is 1.87. The third kappa shape index (κ3) is 5.08. The number of benzene rings is 2. The van der Waals surface area contributed by atoms with Crippen LogP contribution >= 0.6 is 27.7 Å². The van der Waals surface area contributed by atoms with Crippen molar-refractivity contribution in [2.45, 2.75) is 30.1 Å². The molecule has 0 aliphatic heterocycles. The second-order valence-electron chi connectivity index (χ2n) is 6.10. The van der Waals surface area contributed by atoms with E-state index in [1.54, 1.807) is 10.6 Å². The average molecular weight is 472 g/mol. The maximum Gasteiger partial charge on any atom is 0.416 e. The van der Waals surface area contributed by atoms with Crippen molar-refractivity contribution in [2.24, 2.45) is 7.05 Å². The Labute approximate surface area is 173 Å². The van der Waals surface area contributed by atoms with Crippen LogP contribution in [0.2, 0.25) is 0 Å². The van der Waals surface area contributed by atoms with Gasteiger partial charge in [0.2, 0.25) is 0 Å². The van der Waals surface area contributed by atoms with Gasteiger partial charge in [-0.2, -0.15) is 13.2 Å². The molecular weight excluding hydrogens is 455 g/mol. The average Bonchev–Trinajstić information content (AvgIpc) is 3.02. The van der Waals surface area contributed by atoms with Crippen molar-refractivity contribution in [1.29, 1.82) is 0 Å². The van der Waals surface area contributed by atoms with Gasteiger partial charge in [-0.05, 0) is 42.8 Å². The van der Waals surface area contributed by atoms with E-state index in [0.29, 0.717) is 28.0 Å². The van der Waals surface area contributed by atoms with Crippen LogP contribution in [0.3, 0.4) is 0 Å². The van der Waals surface area contributed by atoms with Gasteiger partial charge < -0.3 is 9.30 Å². The molecule has 3 rings (SSSR count). The molecule has 0 amide bonds. The van der Waals surface area contributed by atoms with Crippen LogP contribution in [0.15, 0.2) is 58.2 Å². The molecular formula is C19H17BrF3N3OS. The van der Waals surface area contributed by atoms with Gasteiger partial charge >= 0.3 is 6.18 Å². The van der Waals surface area contributed by atoms with Crippen molar-refractivity contribution in [3.8, 4) is 5.75 Å². The molecule has 1 aromatic heterocycles. The van der Waals surface area contributed by atoms with E-state index < -0.39 is 11.7 Å². The zero-order chi connectivity index (χ0) is 20.3. The highest BCUT2D eigenvalue weighted by Crippen LogP contribution is 2.31. The van der Waals surface area contributed by atoms with E-state index in [9.17, 15) is 13.2 Å². The summed E-state index contributed by atoms with van der Waals surface area (Å²) in [6, 6.07) is 12.8. The Hall–Kier alpha value is -2.00. The highest BCUT2D eigenvalue weighted by atomic mass is 79.9. The number of aromatic nitrogens is 3. The number of ether oxygens (including phenoxy) is 1. The van der Waals surface area contributed by atoms with Crippen LogP contribution in [0, 0.1) is 0 Å². The normalized spacial score (nSPS) is 12.8. The second-order valence-corrected chi connectivity index (χ2v) is 7.96. The van der Waals surface area contributed by atoms with Gasteiger partial charge in [0.1, 0.15) is 5.75 Å². The smallest absolute Gasteiger partial charge is 0.416 e. The Bertz CT molecular complexity index is 944. The topological polar surface area (TPSA) is 39.9 Å². The van der Waals surface area contributed by atoms with Crippen LogP contribution in [-0.4, -0.2) is 14.8 Å². The number of alkyl halides is 3. The fourth-order valence-corrected chi connectivity index (χ4v) is 3.69. The lowest BCUT2D eigenvalue weighted by Gasteiger charge is -2.14. The first-order valence-electron chi connectivity index (χ1n) is 8.34. The van der Waals surface area contributed by atoms with Crippen molar-refractivity contribution >= 4 is 27.7 Å². The molecule has 1 heterocycles. The Morgan fingerprint density at radius 1 is 1.14 bits per heavy atom. The Balaban J connectivity index is 1.67. The molecule has 2 aromatic carbocycles. The molecule has 0 bridgehead atoms. The lowest BCUT2D eigenvalue weighted by molar-refractivity contribution is -0.137. The number of nitrogens with zero attached hydrogens (tertiary/aromatic N) is 3. The SMILES string of the molecule is CC(Oc1ccc(Br)cc1)c1nnc(SCc2cccc(C(F)(F)F)c2)n1C. The molecule has 9 heteroatoms. The van der Waals surface area contributed by atoms with E-state index in [2.05, 4.69) is 26.1 Å². The van der Waals surface area contributed by atoms with Crippen molar-refractivity contribution in [3.05, 3.63) is 70.0 Å². The van der Waals surface area contributed by atoms with Gasteiger partial charge in [-0.1, -0.05) is 45.9 Å². The van der Waals surface area contributed by atoms with Gasteiger partial charge in [0, 0.05) is 17.3 Å². The number of hydrogen-bond donors (Lipinski definition) is 0. The molecule has 0 N–H and O–H groups in total. The van der Waals surface area contributed by atoms with Crippen molar-refractivity contribution in [3.63, 3.8) is 0 Å². The van der Waals surface area contributed by atoms with Crippen LogP contribution in [0.5, 0.6) is 5.75 Å². The van der Waals surface area contributed by atoms with Gasteiger partial charge in [-0.25, -0.2) is 0 Å². The molecule has 0 fully saturated rings. The number of halogens is 4. The molecule has 3 aromatic rings. The van der Waals surface area contributed by atoms with E-state index in [1.165, 1.54) is 17.8 Å². The fourth-order valence-electron chi connectivity index (χ4n) is 2.56. The molecule has 0 saturated heterocycles. The van der Waals surface area contributed by atoms with Crippen LogP contribution in [-0.2, 0) is 19.0 Å². The summed E-state index contributed by atoms with van der Waals surface area (Å²) in [4.78, 5) is 0. The Morgan fingerprint density at radius 2 is 1.86 bits per heavy atom. The first kappa shape index (κ1) is 20.7. The fraction of sp³-hybridized carbons (Fsp3) is 0.263. The predicted molar refractivity (Wildman–Crippen MR) is 105 cm³/mol. The van der Waals surface area contributed by atoms with Crippen molar-refractivity contribution in [2.75, 3.05) is 0 Å². The van der Waals surface area contributed by atoms with E-state index in [1.807, 2.05) is 38.2 Å². The second kappa shape index (κ2) is 8.57. The van der Waals surface area contributed by atoms with E-state index in [0.717, 1.165) is 16.6 Å². The summed E-state index contributed by atoms with van der Waals surface area (Å²) in [6.07, 6.45) is -4.68. The van der Waals surface area contributed by atoms with Gasteiger partial charge in [-0.3, -0.25) is 0 Å². The molecule has 1 unspecified atom stereocenters. The number of thioether (sulfide) groups is 1. The van der Waals surface area contributed by atoms with Gasteiger partial charge in [0.05, 0.1) is 5.56 Å². The largest absolute Gasteiger partial charge is 0.483 e. The molecule has 0 saturated carbocycles. The first-order chi connectivity index (χ1) is 13.2. The lowest BCUT2D eigenvalue weighted by atomic mass is 10.1. The van der Waals surface area contributed by atoms with Crippen molar-refractivity contribution < 1.29 is 17.9 Å². The molecule has 0 radical (unpaired) electrons. The minimum atomic E-state index is -4.35. The Morgan fingerprint density at radius 3 is 2.54 bits per heavy atom. The van der Waals surface area contributed by atoms with Crippen molar-refractivity contribution in [1.82, 2.24) is 14.8 Å². The maximum absolute atomic E-state index is 12.8. The molecule has 0 spiro atoms. The quantitative estimate of drug-likeness (QED) is 0.411. The van der Waals surface area contributed by atoms with E-state index in [4.69, 9.17) is 4.74 Å². The third-order valence-electron chi connectivity index (χ3n) is 3.98. The molecule has 0 aliphatic rings. The highest BCUT2D eigenvalue weighted by molar-refractivity contribution is 9.10. The third-order valence-corrected chi connectivity index (χ3v) is 5.60. The zero-order valence-electron chi connectivity index (χ0n) is 15.1.